The van der Waals surface area contributed by atoms with Gasteiger partial charge in [-0.1, -0.05) is 4.49 Å². The summed E-state index contributed by atoms with van der Waals surface area (Å²) >= 11 is 1.34. The standard InChI is InChI=1S/C11H20N4O3S2/c1-18-7-2-8-20(16,17)15-5-3-14(4-6-15)9-11-10-19-13-12-11/h10H,2-9H2,1H3. The Bertz CT molecular complexity index is 484. The summed E-state index contributed by atoms with van der Waals surface area (Å²) in [6.45, 7) is 3.80. The molecule has 20 heavy (non-hydrogen) atoms. The maximum Gasteiger partial charge on any atom is 0.214 e. The van der Waals surface area contributed by atoms with E-state index in [0.717, 1.165) is 25.3 Å². The molecule has 2 rings (SSSR count). The van der Waals surface area contributed by atoms with Crippen LogP contribution in [0, 0.1) is 0 Å². The van der Waals surface area contributed by atoms with Gasteiger partial charge in [0.1, 0.15) is 0 Å². The van der Waals surface area contributed by atoms with Crippen LogP contribution in [0.5, 0.6) is 0 Å². The lowest BCUT2D eigenvalue weighted by Gasteiger charge is -2.33. The van der Waals surface area contributed by atoms with E-state index in [1.165, 1.54) is 11.5 Å². The van der Waals surface area contributed by atoms with Crippen LogP contribution in [0.25, 0.3) is 0 Å². The van der Waals surface area contributed by atoms with Gasteiger partial charge in [-0.15, -0.1) is 5.10 Å². The number of methoxy groups -OCH3 is 1. The second-order valence-electron chi connectivity index (χ2n) is 4.73. The third-order valence-electron chi connectivity index (χ3n) is 3.27. The van der Waals surface area contributed by atoms with Crippen molar-refractivity contribution in [3.63, 3.8) is 0 Å². The van der Waals surface area contributed by atoms with Crippen LogP contribution in [0.2, 0.25) is 0 Å². The van der Waals surface area contributed by atoms with E-state index < -0.39 is 10.0 Å². The van der Waals surface area contributed by atoms with Gasteiger partial charge >= 0.3 is 0 Å². The van der Waals surface area contributed by atoms with Crippen molar-refractivity contribution in [2.24, 2.45) is 0 Å². The number of ether oxygens (including phenoxy) is 1. The highest BCUT2D eigenvalue weighted by Crippen LogP contribution is 2.11. The number of piperazine rings is 1. The van der Waals surface area contributed by atoms with Gasteiger partial charge in [-0.3, -0.25) is 4.90 Å². The monoisotopic (exact) mass is 320 g/mol. The fourth-order valence-electron chi connectivity index (χ4n) is 2.16. The molecule has 0 radical (unpaired) electrons. The van der Waals surface area contributed by atoms with Crippen LogP contribution in [0.4, 0.5) is 0 Å². The van der Waals surface area contributed by atoms with Crippen LogP contribution < -0.4 is 0 Å². The minimum absolute atomic E-state index is 0.164. The predicted molar refractivity (Wildman–Crippen MR) is 77.0 cm³/mol. The summed E-state index contributed by atoms with van der Waals surface area (Å²) in [5.74, 6) is 0.164. The lowest BCUT2D eigenvalue weighted by Crippen LogP contribution is -2.48. The lowest BCUT2D eigenvalue weighted by atomic mass is 10.3. The molecular weight excluding hydrogens is 300 g/mol. The van der Waals surface area contributed by atoms with Crippen LogP contribution in [0.1, 0.15) is 12.1 Å². The van der Waals surface area contributed by atoms with Crippen LogP contribution in [0.3, 0.4) is 0 Å². The Hall–Kier alpha value is -0.610. The summed E-state index contributed by atoms with van der Waals surface area (Å²) in [6, 6.07) is 0. The maximum absolute atomic E-state index is 12.1. The van der Waals surface area contributed by atoms with Crippen molar-refractivity contribution in [2.45, 2.75) is 13.0 Å². The van der Waals surface area contributed by atoms with Gasteiger partial charge < -0.3 is 4.74 Å². The maximum atomic E-state index is 12.1. The SMILES string of the molecule is COCCCS(=O)(=O)N1CCN(Cc2csnn2)CC1. The van der Waals surface area contributed by atoms with Gasteiger partial charge in [0.15, 0.2) is 0 Å². The van der Waals surface area contributed by atoms with Crippen molar-refractivity contribution in [2.75, 3.05) is 45.6 Å². The van der Waals surface area contributed by atoms with Gasteiger partial charge in [-0.2, -0.15) is 4.31 Å². The molecule has 7 nitrogen and oxygen atoms in total. The van der Waals surface area contributed by atoms with Crippen molar-refractivity contribution in [3.05, 3.63) is 11.1 Å². The molecule has 1 fully saturated rings. The van der Waals surface area contributed by atoms with Gasteiger partial charge in [0, 0.05) is 51.8 Å². The number of aromatic nitrogens is 2. The molecule has 114 valence electrons. The third-order valence-corrected chi connectivity index (χ3v) is 5.78. The van der Waals surface area contributed by atoms with Gasteiger partial charge in [0.25, 0.3) is 0 Å². The van der Waals surface area contributed by atoms with Crippen molar-refractivity contribution in [1.29, 1.82) is 0 Å². The molecule has 1 aliphatic heterocycles. The van der Waals surface area contributed by atoms with E-state index in [9.17, 15) is 8.42 Å². The largest absolute Gasteiger partial charge is 0.385 e. The Kier molecular flexibility index (Phi) is 5.85. The number of sulfonamides is 1. The molecule has 2 heterocycles. The Morgan fingerprint density at radius 2 is 2.10 bits per heavy atom. The van der Waals surface area contributed by atoms with E-state index in [4.69, 9.17) is 4.74 Å². The molecule has 0 amide bonds. The fraction of sp³-hybridized carbons (Fsp3) is 0.818. The molecule has 1 aromatic rings. The molecule has 1 aromatic heterocycles. The van der Waals surface area contributed by atoms with Gasteiger partial charge in [0.05, 0.1) is 11.4 Å². The number of rotatable bonds is 7. The zero-order valence-corrected chi connectivity index (χ0v) is 13.2. The Morgan fingerprint density at radius 3 is 2.70 bits per heavy atom. The number of hydrogen-bond donors (Lipinski definition) is 0. The molecule has 0 unspecified atom stereocenters. The average molecular weight is 320 g/mol. The fourth-order valence-corrected chi connectivity index (χ4v) is 4.07. The zero-order chi connectivity index (χ0) is 14.4. The van der Waals surface area contributed by atoms with Gasteiger partial charge in [-0.05, 0) is 18.0 Å². The molecule has 1 aliphatic rings. The minimum Gasteiger partial charge on any atom is -0.385 e. The predicted octanol–water partition coefficient (Wildman–Crippen LogP) is 0.0220. The zero-order valence-electron chi connectivity index (χ0n) is 11.6. The molecule has 0 spiro atoms. The van der Waals surface area contributed by atoms with Gasteiger partial charge in [0.2, 0.25) is 10.0 Å². The number of nitrogens with zero attached hydrogens (tertiary/aromatic N) is 4. The third kappa shape index (κ3) is 4.45. The number of hydrogen-bond acceptors (Lipinski definition) is 7. The first-order valence-corrected chi connectivity index (χ1v) is 9.01. The van der Waals surface area contributed by atoms with E-state index in [-0.39, 0.29) is 5.75 Å². The van der Waals surface area contributed by atoms with E-state index in [2.05, 4.69) is 14.5 Å². The van der Waals surface area contributed by atoms with E-state index in [0.29, 0.717) is 26.1 Å². The Balaban J connectivity index is 1.78. The molecule has 1 saturated heterocycles. The smallest absolute Gasteiger partial charge is 0.214 e. The molecule has 9 heteroatoms. The summed E-state index contributed by atoms with van der Waals surface area (Å²) in [6.07, 6.45) is 0.545. The molecule has 0 aliphatic carbocycles. The van der Waals surface area contributed by atoms with Crippen LogP contribution in [0.15, 0.2) is 5.38 Å². The highest BCUT2D eigenvalue weighted by atomic mass is 32.2. The molecule has 0 N–H and O–H groups in total. The molecule has 0 bridgehead atoms. The van der Waals surface area contributed by atoms with E-state index in [1.54, 1.807) is 11.4 Å². The van der Waals surface area contributed by atoms with Crippen molar-refractivity contribution >= 4 is 21.6 Å². The Labute approximate surface area is 123 Å². The summed E-state index contributed by atoms with van der Waals surface area (Å²) in [7, 11) is -1.56. The summed E-state index contributed by atoms with van der Waals surface area (Å²) < 4.78 is 34.5. The molecule has 0 atom stereocenters. The first-order chi connectivity index (χ1) is 9.62. The summed E-state index contributed by atoms with van der Waals surface area (Å²) in [5.41, 5.74) is 0.950. The normalized spacial score (nSPS) is 18.4. The first kappa shape index (κ1) is 15.8. The average Bonchev–Trinajstić information content (AvgIpc) is 2.92. The second-order valence-corrected chi connectivity index (χ2v) is 7.43. The van der Waals surface area contributed by atoms with E-state index >= 15 is 0 Å². The highest BCUT2D eigenvalue weighted by Gasteiger charge is 2.26. The molecule has 0 aromatic carbocycles. The van der Waals surface area contributed by atoms with E-state index in [1.807, 2.05) is 5.38 Å². The molecular formula is C11H20N4O3S2. The summed E-state index contributed by atoms with van der Waals surface area (Å²) in [5, 5.41) is 5.93. The van der Waals surface area contributed by atoms with Crippen LogP contribution >= 0.6 is 11.5 Å². The van der Waals surface area contributed by atoms with Crippen molar-refractivity contribution in [1.82, 2.24) is 18.8 Å². The van der Waals surface area contributed by atoms with Crippen LogP contribution in [-0.4, -0.2) is 72.9 Å². The van der Waals surface area contributed by atoms with Crippen molar-refractivity contribution in [3.8, 4) is 0 Å². The first-order valence-electron chi connectivity index (χ1n) is 6.57. The van der Waals surface area contributed by atoms with Gasteiger partial charge in [-0.25, -0.2) is 8.42 Å². The lowest BCUT2D eigenvalue weighted by molar-refractivity contribution is 0.178. The quantitative estimate of drug-likeness (QED) is 0.660. The Morgan fingerprint density at radius 1 is 1.35 bits per heavy atom. The second kappa shape index (κ2) is 7.41. The van der Waals surface area contributed by atoms with Crippen molar-refractivity contribution < 1.29 is 13.2 Å². The highest BCUT2D eigenvalue weighted by molar-refractivity contribution is 7.89. The van der Waals surface area contributed by atoms with Crippen LogP contribution in [-0.2, 0) is 21.3 Å². The molecule has 0 saturated carbocycles. The summed E-state index contributed by atoms with van der Waals surface area (Å²) in [4.78, 5) is 2.21. The minimum atomic E-state index is -3.14. The topological polar surface area (TPSA) is 75.6 Å².